The smallest absolute Gasteiger partial charge is 0.254 e. The van der Waals surface area contributed by atoms with Gasteiger partial charge in [0.1, 0.15) is 12.1 Å². The lowest BCUT2D eigenvalue weighted by Gasteiger charge is -2.40. The Labute approximate surface area is 176 Å². The summed E-state index contributed by atoms with van der Waals surface area (Å²) in [5, 5.41) is 5.51. The molecule has 1 aromatic carbocycles. The standard InChI is InChI=1S/C21H29N5O4/c1-14(27)25-11-12-26(21(30)15-6-8-16(9-7-15)24(2)3)18(13-25)20(29)23-17-5-4-10-22-19(17)28/h6-9,17-18H,4-5,10-13H2,1-3H3,(H,22,28)(H,23,29)/t17-,18+/m1/s1. The van der Waals surface area contributed by atoms with E-state index in [-0.39, 0.29) is 30.8 Å². The van der Waals surface area contributed by atoms with E-state index in [0.29, 0.717) is 25.1 Å². The molecule has 2 fully saturated rings. The van der Waals surface area contributed by atoms with Crippen molar-refractivity contribution in [2.75, 3.05) is 45.2 Å². The van der Waals surface area contributed by atoms with Crippen LogP contribution in [0.15, 0.2) is 24.3 Å². The molecule has 2 aliphatic rings. The van der Waals surface area contributed by atoms with E-state index in [9.17, 15) is 19.2 Å². The van der Waals surface area contributed by atoms with E-state index in [4.69, 9.17) is 0 Å². The van der Waals surface area contributed by atoms with Crippen LogP contribution in [0.4, 0.5) is 5.69 Å². The van der Waals surface area contributed by atoms with Crippen molar-refractivity contribution in [1.82, 2.24) is 20.4 Å². The van der Waals surface area contributed by atoms with Gasteiger partial charge in [-0.2, -0.15) is 0 Å². The SMILES string of the molecule is CC(=O)N1CCN(C(=O)c2ccc(N(C)C)cc2)[C@H](C(=O)N[C@@H]2CCCNC2=O)C1. The van der Waals surface area contributed by atoms with E-state index in [1.807, 2.05) is 31.1 Å². The van der Waals surface area contributed by atoms with E-state index in [1.165, 1.54) is 11.8 Å². The number of piperazine rings is 1. The van der Waals surface area contributed by atoms with Gasteiger partial charge < -0.3 is 25.3 Å². The summed E-state index contributed by atoms with van der Waals surface area (Å²) >= 11 is 0. The molecule has 9 nitrogen and oxygen atoms in total. The second-order valence-corrected chi connectivity index (χ2v) is 7.92. The number of hydrogen-bond acceptors (Lipinski definition) is 5. The van der Waals surface area contributed by atoms with Gasteiger partial charge in [-0.15, -0.1) is 0 Å². The maximum absolute atomic E-state index is 13.2. The van der Waals surface area contributed by atoms with Crippen LogP contribution in [0.5, 0.6) is 0 Å². The minimum atomic E-state index is -0.849. The molecule has 2 saturated heterocycles. The predicted octanol–water partition coefficient (Wildman–Crippen LogP) is -0.180. The van der Waals surface area contributed by atoms with Crippen LogP contribution >= 0.6 is 0 Å². The molecule has 162 valence electrons. The number of carbonyl (C=O) groups excluding carboxylic acids is 4. The summed E-state index contributed by atoms with van der Waals surface area (Å²) in [6.45, 7) is 2.77. The fourth-order valence-electron chi connectivity index (χ4n) is 3.78. The molecule has 0 unspecified atom stereocenters. The Morgan fingerprint density at radius 2 is 1.83 bits per heavy atom. The van der Waals surface area contributed by atoms with Crippen molar-refractivity contribution in [3.05, 3.63) is 29.8 Å². The summed E-state index contributed by atoms with van der Waals surface area (Å²) in [5.41, 5.74) is 1.44. The van der Waals surface area contributed by atoms with Crippen molar-refractivity contribution in [3.63, 3.8) is 0 Å². The number of anilines is 1. The van der Waals surface area contributed by atoms with E-state index in [1.54, 1.807) is 17.0 Å². The van der Waals surface area contributed by atoms with Crippen LogP contribution in [0.1, 0.15) is 30.1 Å². The number of carbonyl (C=O) groups is 4. The average Bonchev–Trinajstić information content (AvgIpc) is 2.74. The fourth-order valence-corrected chi connectivity index (χ4v) is 3.78. The Morgan fingerprint density at radius 1 is 1.13 bits per heavy atom. The molecule has 9 heteroatoms. The zero-order chi connectivity index (χ0) is 21.8. The van der Waals surface area contributed by atoms with Crippen LogP contribution < -0.4 is 15.5 Å². The van der Waals surface area contributed by atoms with Crippen LogP contribution in [-0.4, -0.2) is 85.8 Å². The molecular formula is C21H29N5O4. The highest BCUT2D eigenvalue weighted by Crippen LogP contribution is 2.18. The van der Waals surface area contributed by atoms with Crippen LogP contribution in [0.25, 0.3) is 0 Å². The summed E-state index contributed by atoms with van der Waals surface area (Å²) in [6.07, 6.45) is 1.34. The van der Waals surface area contributed by atoms with Crippen molar-refractivity contribution in [2.24, 2.45) is 0 Å². The highest BCUT2D eigenvalue weighted by Gasteiger charge is 2.38. The van der Waals surface area contributed by atoms with Crippen molar-refractivity contribution in [2.45, 2.75) is 31.8 Å². The van der Waals surface area contributed by atoms with E-state index in [0.717, 1.165) is 12.1 Å². The zero-order valence-corrected chi connectivity index (χ0v) is 17.7. The first-order valence-corrected chi connectivity index (χ1v) is 10.2. The third kappa shape index (κ3) is 4.72. The van der Waals surface area contributed by atoms with Gasteiger partial charge >= 0.3 is 0 Å². The molecule has 0 spiro atoms. The predicted molar refractivity (Wildman–Crippen MR) is 112 cm³/mol. The Bertz CT molecular complexity index is 823. The van der Waals surface area contributed by atoms with Gasteiger partial charge in [-0.05, 0) is 37.1 Å². The van der Waals surface area contributed by atoms with Crippen molar-refractivity contribution >= 4 is 29.3 Å². The molecule has 0 radical (unpaired) electrons. The normalized spacial score (nSPS) is 21.6. The number of benzene rings is 1. The number of piperidine rings is 1. The average molecular weight is 415 g/mol. The van der Waals surface area contributed by atoms with Gasteiger partial charge in [0.2, 0.25) is 17.7 Å². The van der Waals surface area contributed by atoms with E-state index >= 15 is 0 Å². The highest BCUT2D eigenvalue weighted by atomic mass is 16.2. The van der Waals surface area contributed by atoms with Gasteiger partial charge in [0.25, 0.3) is 5.91 Å². The van der Waals surface area contributed by atoms with Gasteiger partial charge in [0.15, 0.2) is 0 Å². The summed E-state index contributed by atoms with van der Waals surface area (Å²) < 4.78 is 0. The third-order valence-electron chi connectivity index (χ3n) is 5.62. The Balaban J connectivity index is 1.79. The van der Waals surface area contributed by atoms with Gasteiger partial charge in [-0.25, -0.2) is 0 Å². The molecule has 0 aromatic heterocycles. The monoisotopic (exact) mass is 415 g/mol. The van der Waals surface area contributed by atoms with Crippen molar-refractivity contribution in [3.8, 4) is 0 Å². The molecule has 0 saturated carbocycles. The van der Waals surface area contributed by atoms with Crippen LogP contribution in [0.2, 0.25) is 0 Å². The van der Waals surface area contributed by atoms with Gasteiger partial charge in [0.05, 0.1) is 6.54 Å². The summed E-state index contributed by atoms with van der Waals surface area (Å²) in [6, 6.07) is 5.70. The van der Waals surface area contributed by atoms with E-state index < -0.39 is 18.0 Å². The highest BCUT2D eigenvalue weighted by molar-refractivity contribution is 5.99. The third-order valence-corrected chi connectivity index (χ3v) is 5.62. The Hall–Kier alpha value is -3.10. The molecular weight excluding hydrogens is 386 g/mol. The van der Waals surface area contributed by atoms with Crippen LogP contribution in [0, 0.1) is 0 Å². The number of hydrogen-bond donors (Lipinski definition) is 2. The lowest BCUT2D eigenvalue weighted by molar-refractivity contribution is -0.137. The number of nitrogens with zero attached hydrogens (tertiary/aromatic N) is 3. The fraction of sp³-hybridized carbons (Fsp3) is 0.524. The van der Waals surface area contributed by atoms with Crippen LogP contribution in [0.3, 0.4) is 0 Å². The Morgan fingerprint density at radius 3 is 2.43 bits per heavy atom. The molecule has 0 bridgehead atoms. The van der Waals surface area contributed by atoms with Gasteiger partial charge in [-0.3, -0.25) is 19.2 Å². The number of amides is 4. The molecule has 1 aromatic rings. The first-order valence-electron chi connectivity index (χ1n) is 10.2. The molecule has 2 atom stereocenters. The lowest BCUT2D eigenvalue weighted by atomic mass is 10.0. The number of nitrogens with one attached hydrogen (secondary N) is 2. The van der Waals surface area contributed by atoms with Crippen molar-refractivity contribution < 1.29 is 19.2 Å². The van der Waals surface area contributed by atoms with Gasteiger partial charge in [-0.1, -0.05) is 0 Å². The lowest BCUT2D eigenvalue weighted by Crippen LogP contribution is -2.63. The molecule has 2 heterocycles. The van der Waals surface area contributed by atoms with Crippen LogP contribution in [-0.2, 0) is 14.4 Å². The summed E-state index contributed by atoms with van der Waals surface area (Å²) in [7, 11) is 3.83. The number of rotatable bonds is 4. The molecule has 30 heavy (non-hydrogen) atoms. The Kier molecular flexibility index (Phi) is 6.59. The minimum Gasteiger partial charge on any atom is -0.378 e. The molecule has 2 aliphatic heterocycles. The van der Waals surface area contributed by atoms with Gasteiger partial charge in [0, 0.05) is 51.9 Å². The largest absolute Gasteiger partial charge is 0.378 e. The molecule has 2 N–H and O–H groups in total. The second kappa shape index (κ2) is 9.15. The topological polar surface area (TPSA) is 102 Å². The second-order valence-electron chi connectivity index (χ2n) is 7.92. The maximum Gasteiger partial charge on any atom is 0.254 e. The molecule has 3 rings (SSSR count). The first kappa shape index (κ1) is 21.6. The first-order chi connectivity index (χ1) is 14.3. The molecule has 0 aliphatic carbocycles. The van der Waals surface area contributed by atoms with Crippen molar-refractivity contribution in [1.29, 1.82) is 0 Å². The zero-order valence-electron chi connectivity index (χ0n) is 17.7. The molecule has 4 amide bonds. The maximum atomic E-state index is 13.2. The summed E-state index contributed by atoms with van der Waals surface area (Å²) in [5.74, 6) is -1.05. The summed E-state index contributed by atoms with van der Waals surface area (Å²) in [4.78, 5) is 55.1. The minimum absolute atomic E-state index is 0.108. The van der Waals surface area contributed by atoms with E-state index in [2.05, 4.69) is 10.6 Å². The quantitative estimate of drug-likeness (QED) is 0.710.